The molecular weight excluding hydrogens is 390 g/mol. The Balaban J connectivity index is 2.02. The molecule has 0 bridgehead atoms. The highest BCUT2D eigenvalue weighted by atomic mass is 16.5. The third kappa shape index (κ3) is 3.61. The number of carbonyl (C=O) groups is 2. The Morgan fingerprint density at radius 2 is 1.74 bits per heavy atom. The Bertz CT molecular complexity index is 1300. The molecule has 1 heterocycles. The molecule has 3 aromatic carbocycles. The number of benzene rings is 3. The lowest BCUT2D eigenvalue weighted by atomic mass is 9.98. The molecule has 0 unspecified atom stereocenters. The number of ether oxygens (including phenoxy) is 1. The fraction of sp³-hybridized carbons (Fsp3) is 0.200. The Kier molecular flexibility index (Phi) is 5.38. The molecular formula is C25H25N3O3. The topological polar surface area (TPSA) is 88.4 Å². The number of nitrogens with zero attached hydrogens (tertiary/aromatic N) is 1. The van der Waals surface area contributed by atoms with Crippen molar-refractivity contribution < 1.29 is 14.3 Å². The molecule has 1 aromatic heterocycles. The van der Waals surface area contributed by atoms with E-state index in [1.54, 1.807) is 24.1 Å². The smallest absolute Gasteiger partial charge is 0.255 e. The number of hydrogen-bond donors (Lipinski definition) is 2. The third-order valence-electron chi connectivity index (χ3n) is 5.68. The van der Waals surface area contributed by atoms with Crippen LogP contribution in [0.4, 0.5) is 0 Å². The van der Waals surface area contributed by atoms with E-state index in [-0.39, 0.29) is 5.91 Å². The quantitative estimate of drug-likeness (QED) is 0.483. The van der Waals surface area contributed by atoms with Gasteiger partial charge in [0.05, 0.1) is 18.2 Å². The predicted octanol–water partition coefficient (Wildman–Crippen LogP) is 4.58. The molecule has 0 radical (unpaired) electrons. The Morgan fingerprint density at radius 1 is 0.968 bits per heavy atom. The summed E-state index contributed by atoms with van der Waals surface area (Å²) in [6.45, 7) is 5.17. The first-order chi connectivity index (χ1) is 15.0. The summed E-state index contributed by atoms with van der Waals surface area (Å²) in [4.78, 5) is 30.2. The molecule has 0 spiro atoms. The van der Waals surface area contributed by atoms with Crippen molar-refractivity contribution in [2.24, 2.45) is 5.73 Å². The minimum absolute atomic E-state index is 0.0403. The number of nitrogens with two attached hydrogens (primary N) is 1. The molecule has 0 aliphatic heterocycles. The Hall–Kier alpha value is -3.80. The van der Waals surface area contributed by atoms with Crippen LogP contribution in [0, 0.1) is 0 Å². The lowest BCUT2D eigenvalue weighted by Gasteiger charge is -2.19. The second-order valence-corrected chi connectivity index (χ2v) is 7.41. The SMILES string of the molecule is CCN(CC)C(=O)c1cc(-c2cccc(OC)c2)cc2c1[nH]c1cc(C(N)=O)ccc12. The van der Waals surface area contributed by atoms with Crippen LogP contribution in [0.15, 0.2) is 54.6 Å². The molecule has 0 atom stereocenters. The molecule has 31 heavy (non-hydrogen) atoms. The number of primary amides is 1. The van der Waals surface area contributed by atoms with Crippen molar-refractivity contribution in [3.63, 3.8) is 0 Å². The van der Waals surface area contributed by atoms with Gasteiger partial charge >= 0.3 is 0 Å². The van der Waals surface area contributed by atoms with Crippen LogP contribution < -0.4 is 10.5 Å². The average Bonchev–Trinajstić information content (AvgIpc) is 3.17. The molecule has 6 heteroatoms. The number of aromatic amines is 1. The molecule has 0 aliphatic carbocycles. The van der Waals surface area contributed by atoms with Gasteiger partial charge in [-0.15, -0.1) is 0 Å². The summed E-state index contributed by atoms with van der Waals surface area (Å²) < 4.78 is 5.38. The molecule has 158 valence electrons. The van der Waals surface area contributed by atoms with Gasteiger partial charge in [-0.05, 0) is 61.4 Å². The van der Waals surface area contributed by atoms with E-state index in [9.17, 15) is 9.59 Å². The van der Waals surface area contributed by atoms with Crippen molar-refractivity contribution in [3.8, 4) is 16.9 Å². The number of nitrogens with one attached hydrogen (secondary N) is 1. The summed E-state index contributed by atoms with van der Waals surface area (Å²) in [6, 6.07) is 17.1. The third-order valence-corrected chi connectivity index (χ3v) is 5.68. The van der Waals surface area contributed by atoms with Gasteiger partial charge in [-0.1, -0.05) is 18.2 Å². The van der Waals surface area contributed by atoms with Crippen molar-refractivity contribution in [3.05, 3.63) is 65.7 Å². The van der Waals surface area contributed by atoms with Gasteiger partial charge in [-0.3, -0.25) is 9.59 Å². The van der Waals surface area contributed by atoms with Gasteiger partial charge in [0.2, 0.25) is 5.91 Å². The highest BCUT2D eigenvalue weighted by Crippen LogP contribution is 2.34. The number of amides is 2. The van der Waals surface area contributed by atoms with Crippen LogP contribution in [0.1, 0.15) is 34.6 Å². The first kappa shape index (κ1) is 20.5. The van der Waals surface area contributed by atoms with Gasteiger partial charge in [-0.2, -0.15) is 0 Å². The predicted molar refractivity (Wildman–Crippen MR) is 124 cm³/mol. The monoisotopic (exact) mass is 415 g/mol. The molecule has 0 fully saturated rings. The molecule has 0 saturated heterocycles. The van der Waals surface area contributed by atoms with E-state index in [4.69, 9.17) is 10.5 Å². The van der Waals surface area contributed by atoms with Crippen molar-refractivity contribution in [1.29, 1.82) is 0 Å². The average molecular weight is 415 g/mol. The highest BCUT2D eigenvalue weighted by Gasteiger charge is 2.20. The minimum atomic E-state index is -0.489. The molecule has 0 aliphatic rings. The van der Waals surface area contributed by atoms with Crippen molar-refractivity contribution in [2.45, 2.75) is 13.8 Å². The van der Waals surface area contributed by atoms with Gasteiger partial charge in [-0.25, -0.2) is 0 Å². The molecule has 4 aromatic rings. The Labute approximate surface area is 180 Å². The van der Waals surface area contributed by atoms with Crippen molar-refractivity contribution in [1.82, 2.24) is 9.88 Å². The van der Waals surface area contributed by atoms with E-state index >= 15 is 0 Å². The van der Waals surface area contributed by atoms with E-state index < -0.39 is 5.91 Å². The zero-order chi connectivity index (χ0) is 22.1. The van der Waals surface area contributed by atoms with E-state index in [1.165, 1.54) is 0 Å². The largest absolute Gasteiger partial charge is 0.497 e. The lowest BCUT2D eigenvalue weighted by Crippen LogP contribution is -2.30. The summed E-state index contributed by atoms with van der Waals surface area (Å²) in [6.07, 6.45) is 0. The van der Waals surface area contributed by atoms with Crippen LogP contribution in [-0.2, 0) is 0 Å². The van der Waals surface area contributed by atoms with Crippen LogP contribution in [0.25, 0.3) is 32.9 Å². The zero-order valence-electron chi connectivity index (χ0n) is 17.9. The van der Waals surface area contributed by atoms with E-state index in [0.29, 0.717) is 24.2 Å². The van der Waals surface area contributed by atoms with Gasteiger partial charge < -0.3 is 20.4 Å². The number of H-pyrrole nitrogens is 1. The number of carbonyl (C=O) groups excluding carboxylic acids is 2. The standard InChI is InChI=1S/C25H25N3O3/c1-4-28(5-2)25(30)21-13-17(15-7-6-8-18(11-15)31-3)12-20-19-10-9-16(24(26)29)14-22(19)27-23(20)21/h6-14,27H,4-5H2,1-3H3,(H2,26,29). The minimum Gasteiger partial charge on any atom is -0.497 e. The second-order valence-electron chi connectivity index (χ2n) is 7.41. The van der Waals surface area contributed by atoms with Crippen LogP contribution in [-0.4, -0.2) is 41.9 Å². The van der Waals surface area contributed by atoms with Gasteiger partial charge in [0.25, 0.3) is 5.91 Å². The van der Waals surface area contributed by atoms with Gasteiger partial charge in [0.15, 0.2) is 0 Å². The molecule has 3 N–H and O–H groups in total. The van der Waals surface area contributed by atoms with Crippen LogP contribution >= 0.6 is 0 Å². The first-order valence-corrected chi connectivity index (χ1v) is 10.3. The summed E-state index contributed by atoms with van der Waals surface area (Å²) >= 11 is 0. The number of fused-ring (bicyclic) bond motifs is 3. The first-order valence-electron chi connectivity index (χ1n) is 10.3. The highest BCUT2D eigenvalue weighted by molar-refractivity contribution is 6.17. The zero-order valence-corrected chi connectivity index (χ0v) is 17.9. The number of aromatic nitrogens is 1. The maximum absolute atomic E-state index is 13.4. The summed E-state index contributed by atoms with van der Waals surface area (Å²) in [5, 5.41) is 1.85. The fourth-order valence-electron chi connectivity index (χ4n) is 3.98. The van der Waals surface area contributed by atoms with Crippen LogP contribution in [0.3, 0.4) is 0 Å². The van der Waals surface area contributed by atoms with Crippen molar-refractivity contribution in [2.75, 3.05) is 20.2 Å². The summed E-state index contributed by atoms with van der Waals surface area (Å²) in [7, 11) is 1.63. The summed E-state index contributed by atoms with van der Waals surface area (Å²) in [5.74, 6) is 0.220. The number of methoxy groups -OCH3 is 1. The molecule has 2 amide bonds. The van der Waals surface area contributed by atoms with E-state index in [0.717, 1.165) is 38.7 Å². The Morgan fingerprint density at radius 3 is 2.42 bits per heavy atom. The fourth-order valence-corrected chi connectivity index (χ4v) is 3.98. The van der Waals surface area contributed by atoms with E-state index in [2.05, 4.69) is 11.1 Å². The molecule has 6 nitrogen and oxygen atoms in total. The van der Waals surface area contributed by atoms with Gasteiger partial charge in [0.1, 0.15) is 5.75 Å². The van der Waals surface area contributed by atoms with E-state index in [1.807, 2.05) is 50.2 Å². The number of hydrogen-bond acceptors (Lipinski definition) is 3. The second kappa shape index (κ2) is 8.14. The molecule has 4 rings (SSSR count). The lowest BCUT2D eigenvalue weighted by molar-refractivity contribution is 0.0774. The summed E-state index contributed by atoms with van der Waals surface area (Å²) in [5.41, 5.74) is 9.86. The normalized spacial score (nSPS) is 11.1. The molecule has 0 saturated carbocycles. The van der Waals surface area contributed by atoms with Crippen LogP contribution in [0.5, 0.6) is 5.75 Å². The number of rotatable bonds is 6. The van der Waals surface area contributed by atoms with Crippen molar-refractivity contribution >= 4 is 33.6 Å². The van der Waals surface area contributed by atoms with Gasteiger partial charge in [0, 0.05) is 34.9 Å². The maximum atomic E-state index is 13.4. The maximum Gasteiger partial charge on any atom is 0.255 e. The van der Waals surface area contributed by atoms with Crippen LogP contribution in [0.2, 0.25) is 0 Å².